The zero-order valence-electron chi connectivity index (χ0n) is 10.3. The van der Waals surface area contributed by atoms with Gasteiger partial charge in [0.1, 0.15) is 5.15 Å². The number of halogens is 2. The van der Waals surface area contributed by atoms with Gasteiger partial charge in [0.15, 0.2) is 0 Å². The number of methoxy groups -OCH3 is 1. The maximum atomic E-state index is 6.31. The Bertz CT molecular complexity index is 552. The number of rotatable bonds is 4. The molecule has 0 unspecified atom stereocenters. The minimum Gasteiger partial charge on any atom is -0.378 e. The zero-order chi connectivity index (χ0) is 13.1. The minimum atomic E-state index is 0.323. The zero-order valence-corrected chi connectivity index (χ0v) is 11.8. The average Bonchev–Trinajstić information content (AvgIpc) is 2.66. The van der Waals surface area contributed by atoms with E-state index in [0.29, 0.717) is 17.6 Å². The summed E-state index contributed by atoms with van der Waals surface area (Å²) in [7, 11) is 1.62. The molecule has 96 valence electrons. The summed E-state index contributed by atoms with van der Waals surface area (Å²) in [5.74, 6) is 0.323. The fourth-order valence-corrected chi connectivity index (χ4v) is 2.45. The van der Waals surface area contributed by atoms with E-state index in [2.05, 4.69) is 5.10 Å². The van der Waals surface area contributed by atoms with E-state index in [1.165, 1.54) is 0 Å². The van der Waals surface area contributed by atoms with Crippen molar-refractivity contribution < 1.29 is 4.74 Å². The van der Waals surface area contributed by atoms with E-state index >= 15 is 0 Å². The van der Waals surface area contributed by atoms with Gasteiger partial charge in [0, 0.05) is 12.7 Å². The molecule has 2 aromatic rings. The monoisotopic (exact) mass is 284 g/mol. The van der Waals surface area contributed by atoms with Crippen LogP contribution in [0.1, 0.15) is 16.8 Å². The van der Waals surface area contributed by atoms with Crippen LogP contribution in [0, 0.1) is 6.92 Å². The second-order valence-corrected chi connectivity index (χ2v) is 4.66. The van der Waals surface area contributed by atoms with Crippen LogP contribution in [0.3, 0.4) is 0 Å². The maximum Gasteiger partial charge on any atom is 0.137 e. The lowest BCUT2D eigenvalue weighted by atomic mass is 10.2. The summed E-state index contributed by atoms with van der Waals surface area (Å²) in [5.41, 5.74) is 3.68. The molecule has 3 nitrogen and oxygen atoms in total. The Morgan fingerprint density at radius 1 is 1.39 bits per heavy atom. The molecule has 0 aliphatic rings. The third-order valence-corrected chi connectivity index (χ3v) is 3.32. The lowest BCUT2D eigenvalue weighted by molar-refractivity contribution is 0.180. The van der Waals surface area contributed by atoms with Gasteiger partial charge in [-0.25, -0.2) is 4.68 Å². The highest BCUT2D eigenvalue weighted by Gasteiger charge is 2.16. The highest BCUT2D eigenvalue weighted by atomic mass is 35.5. The topological polar surface area (TPSA) is 27.1 Å². The second kappa shape index (κ2) is 5.74. The Morgan fingerprint density at radius 2 is 2.17 bits per heavy atom. The molecule has 0 aliphatic carbocycles. The molecular weight excluding hydrogens is 271 g/mol. The van der Waals surface area contributed by atoms with Crippen molar-refractivity contribution in [2.45, 2.75) is 19.4 Å². The van der Waals surface area contributed by atoms with Gasteiger partial charge in [0.2, 0.25) is 0 Å². The number of hydrogen-bond donors (Lipinski definition) is 0. The first kappa shape index (κ1) is 13.4. The highest BCUT2D eigenvalue weighted by Crippen LogP contribution is 2.26. The maximum absolute atomic E-state index is 6.31. The molecule has 0 radical (unpaired) electrons. The SMILES string of the molecule is COCc1nn(-c2cccc(C)c2)c(Cl)c1CCl. The molecule has 0 bridgehead atoms. The molecule has 1 heterocycles. The molecule has 1 aromatic heterocycles. The van der Waals surface area contributed by atoms with E-state index in [1.54, 1.807) is 11.8 Å². The number of benzene rings is 1. The average molecular weight is 285 g/mol. The van der Waals surface area contributed by atoms with Crippen LogP contribution in [-0.2, 0) is 17.2 Å². The van der Waals surface area contributed by atoms with Crippen molar-refractivity contribution in [3.63, 3.8) is 0 Å². The van der Waals surface area contributed by atoms with Crippen LogP contribution in [0.5, 0.6) is 0 Å². The molecule has 5 heteroatoms. The molecule has 0 amide bonds. The normalized spacial score (nSPS) is 10.9. The molecule has 0 fully saturated rings. The molecule has 0 aliphatic heterocycles. The van der Waals surface area contributed by atoms with Crippen molar-refractivity contribution in [3.05, 3.63) is 46.2 Å². The standard InChI is InChI=1S/C13H14Cl2N2O/c1-9-4-3-5-10(6-9)17-13(15)11(7-14)12(16-17)8-18-2/h3-6H,7-8H2,1-2H3. The molecule has 0 N–H and O–H groups in total. The number of nitrogens with zero attached hydrogens (tertiary/aromatic N) is 2. The van der Waals surface area contributed by atoms with Crippen molar-refractivity contribution >= 4 is 23.2 Å². The van der Waals surface area contributed by atoms with E-state index in [9.17, 15) is 0 Å². The summed E-state index contributed by atoms with van der Waals surface area (Å²) < 4.78 is 6.80. The van der Waals surface area contributed by atoms with Gasteiger partial charge in [0.05, 0.1) is 23.9 Å². The van der Waals surface area contributed by atoms with Gasteiger partial charge in [-0.3, -0.25) is 0 Å². The molecule has 0 atom stereocenters. The smallest absolute Gasteiger partial charge is 0.137 e. The minimum absolute atomic E-state index is 0.323. The van der Waals surface area contributed by atoms with E-state index in [4.69, 9.17) is 27.9 Å². The first-order valence-corrected chi connectivity index (χ1v) is 6.46. The Labute approximate surface area is 116 Å². The van der Waals surface area contributed by atoms with Crippen LogP contribution in [0.15, 0.2) is 24.3 Å². The van der Waals surface area contributed by atoms with Gasteiger partial charge in [0.25, 0.3) is 0 Å². The summed E-state index contributed by atoms with van der Waals surface area (Å²) in [4.78, 5) is 0. The van der Waals surface area contributed by atoms with Gasteiger partial charge < -0.3 is 4.74 Å². The number of alkyl halides is 1. The van der Waals surface area contributed by atoms with E-state index < -0.39 is 0 Å². The summed E-state index contributed by atoms with van der Waals surface area (Å²) >= 11 is 12.2. The van der Waals surface area contributed by atoms with Crippen LogP contribution >= 0.6 is 23.2 Å². The summed E-state index contributed by atoms with van der Waals surface area (Å²) in [6.07, 6.45) is 0. The first-order chi connectivity index (χ1) is 8.67. The molecule has 1 aromatic carbocycles. The molecule has 2 rings (SSSR count). The predicted octanol–water partition coefficient (Wildman–Crippen LogP) is 3.72. The Balaban J connectivity index is 2.51. The number of aromatic nitrogens is 2. The fraction of sp³-hybridized carbons (Fsp3) is 0.308. The van der Waals surface area contributed by atoms with Crippen molar-refractivity contribution in [3.8, 4) is 5.69 Å². The van der Waals surface area contributed by atoms with Gasteiger partial charge in [-0.1, -0.05) is 23.7 Å². The lowest BCUT2D eigenvalue weighted by Crippen LogP contribution is -1.98. The summed E-state index contributed by atoms with van der Waals surface area (Å²) in [5, 5.41) is 5.00. The third-order valence-electron chi connectivity index (χ3n) is 2.66. The molecular formula is C13H14Cl2N2O. The number of ether oxygens (including phenoxy) is 1. The molecule has 18 heavy (non-hydrogen) atoms. The second-order valence-electron chi connectivity index (χ2n) is 4.03. The van der Waals surface area contributed by atoms with E-state index in [0.717, 1.165) is 22.5 Å². The van der Waals surface area contributed by atoms with Crippen LogP contribution in [0.4, 0.5) is 0 Å². The van der Waals surface area contributed by atoms with Gasteiger partial charge in [-0.15, -0.1) is 11.6 Å². The van der Waals surface area contributed by atoms with E-state index in [1.807, 2.05) is 31.2 Å². The Morgan fingerprint density at radius 3 is 2.78 bits per heavy atom. The quantitative estimate of drug-likeness (QED) is 0.800. The number of hydrogen-bond acceptors (Lipinski definition) is 2. The predicted molar refractivity (Wildman–Crippen MR) is 73.6 cm³/mol. The molecule has 0 saturated heterocycles. The third kappa shape index (κ3) is 2.53. The van der Waals surface area contributed by atoms with Gasteiger partial charge >= 0.3 is 0 Å². The fourth-order valence-electron chi connectivity index (χ4n) is 1.79. The van der Waals surface area contributed by atoms with Crippen molar-refractivity contribution in [2.24, 2.45) is 0 Å². The van der Waals surface area contributed by atoms with Crippen LogP contribution in [0.2, 0.25) is 5.15 Å². The highest BCUT2D eigenvalue weighted by molar-refractivity contribution is 6.31. The van der Waals surface area contributed by atoms with Crippen LogP contribution < -0.4 is 0 Å². The Kier molecular flexibility index (Phi) is 4.27. The summed E-state index contributed by atoms with van der Waals surface area (Å²) in [6, 6.07) is 7.98. The molecule has 0 saturated carbocycles. The summed E-state index contributed by atoms with van der Waals surface area (Å²) in [6.45, 7) is 2.43. The van der Waals surface area contributed by atoms with Crippen molar-refractivity contribution in [1.82, 2.24) is 9.78 Å². The lowest BCUT2D eigenvalue weighted by Gasteiger charge is -2.04. The van der Waals surface area contributed by atoms with Gasteiger partial charge in [-0.05, 0) is 24.6 Å². The van der Waals surface area contributed by atoms with Gasteiger partial charge in [-0.2, -0.15) is 5.10 Å². The van der Waals surface area contributed by atoms with E-state index in [-0.39, 0.29) is 0 Å². The number of aryl methyl sites for hydroxylation is 1. The van der Waals surface area contributed by atoms with Crippen molar-refractivity contribution in [2.75, 3.05) is 7.11 Å². The van der Waals surface area contributed by atoms with Crippen LogP contribution in [-0.4, -0.2) is 16.9 Å². The van der Waals surface area contributed by atoms with Crippen LogP contribution in [0.25, 0.3) is 5.69 Å². The Hall–Kier alpha value is -1.03. The largest absolute Gasteiger partial charge is 0.378 e. The first-order valence-electron chi connectivity index (χ1n) is 5.55. The van der Waals surface area contributed by atoms with Crippen molar-refractivity contribution in [1.29, 1.82) is 0 Å². The molecule has 0 spiro atoms.